The maximum Gasteiger partial charge on any atom is 0.243 e. The van der Waals surface area contributed by atoms with E-state index >= 15 is 0 Å². The second-order valence-corrected chi connectivity index (χ2v) is 9.64. The van der Waals surface area contributed by atoms with Crippen molar-refractivity contribution in [2.75, 3.05) is 13.1 Å². The van der Waals surface area contributed by atoms with Gasteiger partial charge in [-0.15, -0.1) is 0 Å². The first-order chi connectivity index (χ1) is 11.4. The van der Waals surface area contributed by atoms with Crippen molar-refractivity contribution in [2.45, 2.75) is 43.5 Å². The monoisotopic (exact) mass is 414 g/mol. The number of nitrogens with zero attached hydrogens (tertiary/aromatic N) is 1. The zero-order valence-corrected chi connectivity index (χ0v) is 16.1. The number of carbonyl (C=O) groups excluding carboxylic acids is 1. The fourth-order valence-electron chi connectivity index (χ4n) is 3.19. The van der Waals surface area contributed by atoms with Gasteiger partial charge in [-0.05, 0) is 62.8 Å². The fourth-order valence-corrected chi connectivity index (χ4v) is 4.97. The topological polar surface area (TPSA) is 66.5 Å². The van der Waals surface area contributed by atoms with Crippen molar-refractivity contribution in [1.29, 1.82) is 0 Å². The number of amides is 1. The first kappa shape index (κ1) is 17.9. The lowest BCUT2D eigenvalue weighted by molar-refractivity contribution is -0.126. The number of sulfonamides is 1. The SMILES string of the molecule is C[C@@H](NC(=O)[C@H]1CCCN(S(=O)(=O)c2ccc(Br)cc2)C1)C1CC1. The fraction of sp³-hybridized carbons (Fsp3) is 0.588. The lowest BCUT2D eigenvalue weighted by Gasteiger charge is -2.32. The number of carbonyl (C=O) groups is 1. The molecule has 5 nitrogen and oxygen atoms in total. The summed E-state index contributed by atoms with van der Waals surface area (Å²) in [6, 6.07) is 6.82. The standard InChI is InChI=1S/C17H23BrN2O3S/c1-12(13-4-5-13)19-17(21)14-3-2-10-20(11-14)24(22,23)16-8-6-15(18)7-9-16/h6-9,12-14H,2-5,10-11H2,1H3,(H,19,21)/t12-,14+/m1/s1. The highest BCUT2D eigenvalue weighted by Crippen LogP contribution is 2.32. The van der Waals surface area contributed by atoms with Gasteiger partial charge in [0.1, 0.15) is 0 Å². The molecule has 2 aliphatic rings. The van der Waals surface area contributed by atoms with Crippen molar-refractivity contribution in [2.24, 2.45) is 11.8 Å². The Kier molecular flexibility index (Phi) is 5.32. The lowest BCUT2D eigenvalue weighted by Crippen LogP contribution is -2.47. The van der Waals surface area contributed by atoms with Gasteiger partial charge >= 0.3 is 0 Å². The summed E-state index contributed by atoms with van der Waals surface area (Å²) in [5, 5.41) is 3.06. The third kappa shape index (κ3) is 4.00. The van der Waals surface area contributed by atoms with Gasteiger partial charge in [0.05, 0.1) is 10.8 Å². The number of piperidine rings is 1. The van der Waals surface area contributed by atoms with E-state index in [-0.39, 0.29) is 29.3 Å². The van der Waals surface area contributed by atoms with E-state index in [0.717, 1.165) is 10.9 Å². The molecule has 2 atom stereocenters. The van der Waals surface area contributed by atoms with E-state index in [1.165, 1.54) is 17.1 Å². The molecule has 1 saturated carbocycles. The lowest BCUT2D eigenvalue weighted by atomic mass is 9.98. The molecule has 1 saturated heterocycles. The number of halogens is 1. The molecule has 0 spiro atoms. The predicted octanol–water partition coefficient (Wildman–Crippen LogP) is 2.76. The summed E-state index contributed by atoms with van der Waals surface area (Å²) in [6.07, 6.45) is 3.81. The largest absolute Gasteiger partial charge is 0.353 e. The molecule has 1 N–H and O–H groups in total. The van der Waals surface area contributed by atoms with Crippen LogP contribution in [0.15, 0.2) is 33.6 Å². The van der Waals surface area contributed by atoms with Crippen LogP contribution < -0.4 is 5.32 Å². The predicted molar refractivity (Wildman–Crippen MR) is 96.0 cm³/mol. The first-order valence-corrected chi connectivity index (χ1v) is 10.7. The quantitative estimate of drug-likeness (QED) is 0.805. The summed E-state index contributed by atoms with van der Waals surface area (Å²) in [7, 11) is -3.55. The molecule has 7 heteroatoms. The third-order valence-corrected chi connectivity index (χ3v) is 7.31. The first-order valence-electron chi connectivity index (χ1n) is 8.44. The molecule has 1 amide bonds. The van der Waals surface area contributed by atoms with E-state index in [1.54, 1.807) is 24.3 Å². The second-order valence-electron chi connectivity index (χ2n) is 6.79. The summed E-state index contributed by atoms with van der Waals surface area (Å²) >= 11 is 3.32. The van der Waals surface area contributed by atoms with E-state index in [9.17, 15) is 13.2 Å². The van der Waals surface area contributed by atoms with Crippen molar-refractivity contribution >= 4 is 31.9 Å². The maximum absolute atomic E-state index is 12.8. The van der Waals surface area contributed by atoms with Crippen LogP contribution in [0.1, 0.15) is 32.6 Å². The van der Waals surface area contributed by atoms with Crippen molar-refractivity contribution in [3.63, 3.8) is 0 Å². The number of nitrogens with one attached hydrogen (secondary N) is 1. The van der Waals surface area contributed by atoms with Crippen LogP contribution in [0.2, 0.25) is 0 Å². The van der Waals surface area contributed by atoms with E-state index in [1.807, 2.05) is 6.92 Å². The van der Waals surface area contributed by atoms with Gasteiger partial charge < -0.3 is 5.32 Å². The van der Waals surface area contributed by atoms with Crippen molar-refractivity contribution in [1.82, 2.24) is 9.62 Å². The number of rotatable bonds is 5. The molecule has 1 aliphatic heterocycles. The second kappa shape index (κ2) is 7.14. The third-order valence-electron chi connectivity index (χ3n) is 4.91. The minimum atomic E-state index is -3.55. The summed E-state index contributed by atoms with van der Waals surface area (Å²) in [5.41, 5.74) is 0. The molecule has 1 aliphatic carbocycles. The van der Waals surface area contributed by atoms with Crippen LogP contribution in [-0.4, -0.2) is 37.8 Å². The average Bonchev–Trinajstić information content (AvgIpc) is 3.40. The van der Waals surface area contributed by atoms with Gasteiger partial charge in [-0.25, -0.2) is 8.42 Å². The number of hydrogen-bond acceptors (Lipinski definition) is 3. The molecule has 0 aromatic heterocycles. The minimum absolute atomic E-state index is 0.00916. The van der Waals surface area contributed by atoms with Crippen LogP contribution in [-0.2, 0) is 14.8 Å². The normalized spacial score (nSPS) is 23.7. The molecule has 0 unspecified atom stereocenters. The van der Waals surface area contributed by atoms with Crippen LogP contribution in [0.5, 0.6) is 0 Å². The van der Waals surface area contributed by atoms with Gasteiger partial charge in [-0.1, -0.05) is 15.9 Å². The molecular formula is C17H23BrN2O3S. The summed E-state index contributed by atoms with van der Waals surface area (Å²) in [5.74, 6) is 0.329. The van der Waals surface area contributed by atoms with Gasteiger partial charge in [-0.3, -0.25) is 4.79 Å². The van der Waals surface area contributed by atoms with Crippen molar-refractivity contribution < 1.29 is 13.2 Å². The van der Waals surface area contributed by atoms with Crippen molar-refractivity contribution in [3.05, 3.63) is 28.7 Å². The molecule has 1 aromatic rings. The minimum Gasteiger partial charge on any atom is -0.353 e. The van der Waals surface area contributed by atoms with E-state index < -0.39 is 10.0 Å². The zero-order chi connectivity index (χ0) is 17.3. The van der Waals surface area contributed by atoms with Crippen LogP contribution in [0.3, 0.4) is 0 Å². The number of benzene rings is 1. The Morgan fingerprint density at radius 1 is 1.25 bits per heavy atom. The molecule has 0 radical (unpaired) electrons. The molecular weight excluding hydrogens is 392 g/mol. The molecule has 3 rings (SSSR count). The summed E-state index contributed by atoms with van der Waals surface area (Å²) in [6.45, 7) is 2.77. The highest BCUT2D eigenvalue weighted by atomic mass is 79.9. The molecule has 0 bridgehead atoms. The van der Waals surface area contributed by atoms with Crippen molar-refractivity contribution in [3.8, 4) is 0 Å². The van der Waals surface area contributed by atoms with Crippen LogP contribution >= 0.6 is 15.9 Å². The van der Waals surface area contributed by atoms with Gasteiger partial charge in [0.15, 0.2) is 0 Å². The van der Waals surface area contributed by atoms with Gasteiger partial charge in [0, 0.05) is 23.6 Å². The summed E-state index contributed by atoms with van der Waals surface area (Å²) in [4.78, 5) is 12.7. The van der Waals surface area contributed by atoms with Gasteiger partial charge in [0.2, 0.25) is 15.9 Å². The van der Waals surface area contributed by atoms with E-state index in [4.69, 9.17) is 0 Å². The maximum atomic E-state index is 12.8. The van der Waals surface area contributed by atoms with Crippen LogP contribution in [0.25, 0.3) is 0 Å². The number of hydrogen-bond donors (Lipinski definition) is 1. The highest BCUT2D eigenvalue weighted by molar-refractivity contribution is 9.10. The molecule has 1 heterocycles. The Balaban J connectivity index is 1.67. The van der Waals surface area contributed by atoms with E-state index in [0.29, 0.717) is 18.9 Å². The van der Waals surface area contributed by atoms with Crippen LogP contribution in [0.4, 0.5) is 0 Å². The Hall–Kier alpha value is -0.920. The summed E-state index contributed by atoms with van der Waals surface area (Å²) < 4.78 is 27.9. The Morgan fingerprint density at radius 3 is 2.54 bits per heavy atom. The highest BCUT2D eigenvalue weighted by Gasteiger charge is 2.35. The zero-order valence-electron chi connectivity index (χ0n) is 13.7. The van der Waals surface area contributed by atoms with Gasteiger partial charge in [-0.2, -0.15) is 4.31 Å². The molecule has 1 aromatic carbocycles. The van der Waals surface area contributed by atoms with E-state index in [2.05, 4.69) is 21.2 Å². The Bertz CT molecular complexity index is 701. The average molecular weight is 415 g/mol. The van der Waals surface area contributed by atoms with Crippen LogP contribution in [0, 0.1) is 11.8 Å². The van der Waals surface area contributed by atoms with Gasteiger partial charge in [0.25, 0.3) is 0 Å². The smallest absolute Gasteiger partial charge is 0.243 e. The molecule has 24 heavy (non-hydrogen) atoms. The Labute approximate surface area is 152 Å². The Morgan fingerprint density at radius 2 is 1.92 bits per heavy atom. The molecule has 2 fully saturated rings. The molecule has 132 valence electrons.